The fourth-order valence-electron chi connectivity index (χ4n) is 3.26. The summed E-state index contributed by atoms with van der Waals surface area (Å²) >= 11 is 6.43. The molecule has 2 atom stereocenters. The van der Waals surface area contributed by atoms with Crippen molar-refractivity contribution in [1.29, 1.82) is 0 Å². The SMILES string of the molecule is O=C(NC1CCCCCC1Cl)C1(c2ccccc2)CC1. The summed E-state index contributed by atoms with van der Waals surface area (Å²) < 4.78 is 0. The first kappa shape index (κ1) is 13.9. The third kappa shape index (κ3) is 2.71. The molecule has 1 aromatic rings. The van der Waals surface area contributed by atoms with Crippen molar-refractivity contribution < 1.29 is 4.79 Å². The molecular weight excluding hydrogens is 270 g/mol. The number of nitrogens with one attached hydrogen (secondary N) is 1. The van der Waals surface area contributed by atoms with E-state index in [2.05, 4.69) is 17.4 Å². The Morgan fingerprint density at radius 1 is 1.10 bits per heavy atom. The lowest BCUT2D eigenvalue weighted by molar-refractivity contribution is -0.124. The molecule has 0 aromatic heterocycles. The average molecular weight is 292 g/mol. The van der Waals surface area contributed by atoms with Gasteiger partial charge in [0, 0.05) is 6.04 Å². The lowest BCUT2D eigenvalue weighted by atomic mass is 9.94. The van der Waals surface area contributed by atoms with Crippen LogP contribution in [0.2, 0.25) is 0 Å². The number of rotatable bonds is 3. The summed E-state index contributed by atoms with van der Waals surface area (Å²) in [4.78, 5) is 12.7. The number of hydrogen-bond donors (Lipinski definition) is 1. The molecule has 2 fully saturated rings. The summed E-state index contributed by atoms with van der Waals surface area (Å²) in [6.07, 6.45) is 7.55. The zero-order chi connectivity index (χ0) is 14.0. The van der Waals surface area contributed by atoms with E-state index >= 15 is 0 Å². The summed E-state index contributed by atoms with van der Waals surface area (Å²) in [7, 11) is 0. The molecule has 0 heterocycles. The summed E-state index contributed by atoms with van der Waals surface area (Å²) in [6, 6.07) is 10.3. The summed E-state index contributed by atoms with van der Waals surface area (Å²) in [6.45, 7) is 0. The van der Waals surface area contributed by atoms with Gasteiger partial charge in [-0.25, -0.2) is 0 Å². The van der Waals surface area contributed by atoms with Crippen molar-refractivity contribution in [3.8, 4) is 0 Å². The van der Waals surface area contributed by atoms with Gasteiger partial charge in [0.05, 0.1) is 10.8 Å². The van der Waals surface area contributed by atoms with Gasteiger partial charge < -0.3 is 5.32 Å². The Morgan fingerprint density at radius 2 is 1.80 bits per heavy atom. The van der Waals surface area contributed by atoms with E-state index in [0.717, 1.165) is 31.2 Å². The van der Waals surface area contributed by atoms with Gasteiger partial charge >= 0.3 is 0 Å². The van der Waals surface area contributed by atoms with E-state index in [1.54, 1.807) is 0 Å². The second-order valence-electron chi connectivity index (χ2n) is 6.18. The monoisotopic (exact) mass is 291 g/mol. The van der Waals surface area contributed by atoms with Gasteiger partial charge in [-0.15, -0.1) is 11.6 Å². The largest absolute Gasteiger partial charge is 0.351 e. The lowest BCUT2D eigenvalue weighted by Crippen LogP contribution is -2.45. The molecule has 3 rings (SSSR count). The number of amides is 1. The number of halogens is 1. The van der Waals surface area contributed by atoms with Crippen molar-refractivity contribution in [1.82, 2.24) is 5.32 Å². The van der Waals surface area contributed by atoms with Crippen molar-refractivity contribution in [3.63, 3.8) is 0 Å². The van der Waals surface area contributed by atoms with Crippen LogP contribution < -0.4 is 5.32 Å². The van der Waals surface area contributed by atoms with Gasteiger partial charge in [0.2, 0.25) is 5.91 Å². The first-order chi connectivity index (χ1) is 9.72. The van der Waals surface area contributed by atoms with E-state index in [1.165, 1.54) is 19.3 Å². The zero-order valence-corrected chi connectivity index (χ0v) is 12.5. The molecule has 0 bridgehead atoms. The third-order valence-electron chi connectivity index (χ3n) is 4.76. The third-order valence-corrected chi connectivity index (χ3v) is 5.28. The van der Waals surface area contributed by atoms with Crippen LogP contribution in [0.5, 0.6) is 0 Å². The molecule has 2 aliphatic rings. The highest BCUT2D eigenvalue weighted by Gasteiger charge is 2.51. The van der Waals surface area contributed by atoms with Crippen LogP contribution in [0.25, 0.3) is 0 Å². The van der Waals surface area contributed by atoms with Gasteiger partial charge in [-0.05, 0) is 31.2 Å². The van der Waals surface area contributed by atoms with Crippen LogP contribution >= 0.6 is 11.6 Å². The summed E-state index contributed by atoms with van der Waals surface area (Å²) in [5.41, 5.74) is 0.877. The number of alkyl halides is 1. The standard InChI is InChI=1S/C17H22ClNO/c18-14-9-5-2-6-10-15(14)19-16(20)17(11-12-17)13-7-3-1-4-8-13/h1,3-4,7-8,14-15H,2,5-6,9-12H2,(H,19,20). The molecule has 1 aromatic carbocycles. The van der Waals surface area contributed by atoms with E-state index < -0.39 is 0 Å². The van der Waals surface area contributed by atoms with Gasteiger partial charge in [0.15, 0.2) is 0 Å². The minimum absolute atomic E-state index is 0.0908. The molecular formula is C17H22ClNO. The first-order valence-corrected chi connectivity index (χ1v) is 8.17. The maximum absolute atomic E-state index is 12.7. The van der Waals surface area contributed by atoms with Crippen molar-refractivity contribution in [2.45, 2.75) is 61.8 Å². The predicted octanol–water partition coefficient (Wildman–Crippen LogP) is 3.77. The van der Waals surface area contributed by atoms with Gasteiger partial charge in [-0.3, -0.25) is 4.79 Å². The van der Waals surface area contributed by atoms with Gasteiger partial charge in [-0.2, -0.15) is 0 Å². The van der Waals surface area contributed by atoms with E-state index in [9.17, 15) is 4.79 Å². The Bertz CT molecular complexity index is 469. The molecule has 0 spiro atoms. The molecule has 108 valence electrons. The highest BCUT2D eigenvalue weighted by Crippen LogP contribution is 2.48. The van der Waals surface area contributed by atoms with E-state index in [1.807, 2.05) is 18.2 Å². The predicted molar refractivity (Wildman–Crippen MR) is 82.0 cm³/mol. The van der Waals surface area contributed by atoms with Crippen molar-refractivity contribution in [2.24, 2.45) is 0 Å². The molecule has 0 aliphatic heterocycles. The highest BCUT2D eigenvalue weighted by molar-refractivity contribution is 6.21. The van der Waals surface area contributed by atoms with Crippen molar-refractivity contribution >= 4 is 17.5 Å². The topological polar surface area (TPSA) is 29.1 Å². The van der Waals surface area contributed by atoms with Gasteiger partial charge in [0.1, 0.15) is 0 Å². The molecule has 20 heavy (non-hydrogen) atoms. The summed E-state index contributed by atoms with van der Waals surface area (Å²) in [5, 5.41) is 3.33. The zero-order valence-electron chi connectivity index (χ0n) is 11.8. The van der Waals surface area contributed by atoms with Crippen LogP contribution in [0.4, 0.5) is 0 Å². The molecule has 0 radical (unpaired) electrons. The summed E-state index contributed by atoms with van der Waals surface area (Å²) in [5.74, 6) is 0.182. The van der Waals surface area contributed by atoms with E-state index in [4.69, 9.17) is 11.6 Å². The number of carbonyl (C=O) groups is 1. The van der Waals surface area contributed by atoms with Crippen molar-refractivity contribution in [3.05, 3.63) is 35.9 Å². The fourth-order valence-corrected chi connectivity index (χ4v) is 3.60. The van der Waals surface area contributed by atoms with Crippen molar-refractivity contribution in [2.75, 3.05) is 0 Å². The minimum Gasteiger partial charge on any atom is -0.351 e. The Balaban J connectivity index is 1.70. The maximum atomic E-state index is 12.7. The molecule has 2 saturated carbocycles. The molecule has 1 amide bonds. The maximum Gasteiger partial charge on any atom is 0.230 e. The van der Waals surface area contributed by atoms with Crippen LogP contribution in [0.3, 0.4) is 0 Å². The van der Waals surface area contributed by atoms with Crippen LogP contribution in [0, 0.1) is 0 Å². The fraction of sp³-hybridized carbons (Fsp3) is 0.588. The molecule has 0 saturated heterocycles. The lowest BCUT2D eigenvalue weighted by Gasteiger charge is -2.24. The number of hydrogen-bond acceptors (Lipinski definition) is 1. The van der Waals surface area contributed by atoms with Crippen LogP contribution in [0.1, 0.15) is 50.5 Å². The number of benzene rings is 1. The Morgan fingerprint density at radius 3 is 2.50 bits per heavy atom. The Hall–Kier alpha value is -1.02. The Labute approximate surface area is 125 Å². The minimum atomic E-state index is -0.274. The smallest absolute Gasteiger partial charge is 0.230 e. The Kier molecular flexibility index (Phi) is 4.02. The van der Waals surface area contributed by atoms with Gasteiger partial charge in [-0.1, -0.05) is 49.6 Å². The van der Waals surface area contributed by atoms with E-state index in [0.29, 0.717) is 0 Å². The quantitative estimate of drug-likeness (QED) is 0.666. The van der Waals surface area contributed by atoms with Gasteiger partial charge in [0.25, 0.3) is 0 Å². The van der Waals surface area contributed by atoms with Crippen LogP contribution in [-0.4, -0.2) is 17.3 Å². The van der Waals surface area contributed by atoms with Crippen LogP contribution in [0.15, 0.2) is 30.3 Å². The second-order valence-corrected chi connectivity index (χ2v) is 6.74. The van der Waals surface area contributed by atoms with E-state index in [-0.39, 0.29) is 22.7 Å². The number of carbonyl (C=O) groups excluding carboxylic acids is 1. The molecule has 3 heteroatoms. The normalized spacial score (nSPS) is 28.4. The molecule has 1 N–H and O–H groups in total. The average Bonchev–Trinajstić information content (AvgIpc) is 3.28. The molecule has 2 unspecified atom stereocenters. The molecule has 2 aliphatic carbocycles. The second kappa shape index (κ2) is 5.77. The molecule has 2 nitrogen and oxygen atoms in total. The van der Waals surface area contributed by atoms with Crippen LogP contribution in [-0.2, 0) is 10.2 Å². The first-order valence-electron chi connectivity index (χ1n) is 7.73. The highest BCUT2D eigenvalue weighted by atomic mass is 35.5.